The van der Waals surface area contributed by atoms with Gasteiger partial charge in [0.15, 0.2) is 0 Å². The Morgan fingerprint density at radius 2 is 1.93 bits per heavy atom. The topological polar surface area (TPSA) is 75.0 Å². The van der Waals surface area contributed by atoms with Crippen LogP contribution in [0, 0.1) is 6.92 Å². The molecule has 0 atom stereocenters. The summed E-state index contributed by atoms with van der Waals surface area (Å²) in [6, 6.07) is 13.4. The highest BCUT2D eigenvalue weighted by Gasteiger charge is 2.17. The average Bonchev–Trinajstić information content (AvgIpc) is 3.23. The van der Waals surface area contributed by atoms with E-state index in [1.165, 1.54) is 11.8 Å². The van der Waals surface area contributed by atoms with E-state index in [0.717, 1.165) is 22.2 Å². The molecule has 0 unspecified atom stereocenters. The summed E-state index contributed by atoms with van der Waals surface area (Å²) in [5.74, 6) is 1.84. The van der Waals surface area contributed by atoms with Gasteiger partial charge < -0.3 is 9.47 Å². The van der Waals surface area contributed by atoms with Crippen LogP contribution in [0.5, 0.6) is 11.5 Å². The van der Waals surface area contributed by atoms with Gasteiger partial charge in [-0.1, -0.05) is 41.6 Å². The van der Waals surface area contributed by atoms with E-state index in [-0.39, 0.29) is 0 Å². The van der Waals surface area contributed by atoms with Crippen molar-refractivity contribution in [1.82, 2.24) is 25.2 Å². The van der Waals surface area contributed by atoms with Crippen molar-refractivity contribution in [3.05, 3.63) is 58.7 Å². The highest BCUT2D eigenvalue weighted by molar-refractivity contribution is 7.98. The van der Waals surface area contributed by atoms with E-state index in [9.17, 15) is 0 Å². The summed E-state index contributed by atoms with van der Waals surface area (Å²) in [6.45, 7) is 2.01. The third-order valence-electron chi connectivity index (χ3n) is 4.54. The largest absolute Gasteiger partial charge is 0.497 e. The SMILES string of the molecule is COc1ccc(OC)c(-n2nnnc2SCc2nc3ccccc3c(C)c2Cl)c1. The van der Waals surface area contributed by atoms with E-state index >= 15 is 0 Å². The molecule has 0 fully saturated rings. The van der Waals surface area contributed by atoms with Crippen LogP contribution < -0.4 is 9.47 Å². The van der Waals surface area contributed by atoms with Gasteiger partial charge in [0.2, 0.25) is 5.16 Å². The predicted octanol–water partition coefficient (Wildman–Crippen LogP) is 4.48. The Hall–Kier alpha value is -2.84. The van der Waals surface area contributed by atoms with Crippen molar-refractivity contribution in [2.24, 2.45) is 0 Å². The summed E-state index contributed by atoms with van der Waals surface area (Å²) in [6.07, 6.45) is 0. The number of thioether (sulfide) groups is 1. The number of ether oxygens (including phenoxy) is 2. The number of methoxy groups -OCH3 is 2. The maximum absolute atomic E-state index is 6.59. The zero-order valence-corrected chi connectivity index (χ0v) is 17.7. The Kier molecular flexibility index (Phi) is 5.55. The van der Waals surface area contributed by atoms with E-state index in [1.807, 2.05) is 49.4 Å². The minimum Gasteiger partial charge on any atom is -0.497 e. The fraction of sp³-hybridized carbons (Fsp3) is 0.200. The number of tetrazole rings is 1. The second-order valence-electron chi connectivity index (χ2n) is 6.21. The highest BCUT2D eigenvalue weighted by Crippen LogP contribution is 2.33. The molecule has 0 amide bonds. The summed E-state index contributed by atoms with van der Waals surface area (Å²) >= 11 is 8.03. The number of benzene rings is 2. The van der Waals surface area contributed by atoms with Crippen LogP contribution >= 0.6 is 23.4 Å². The van der Waals surface area contributed by atoms with E-state index < -0.39 is 0 Å². The normalized spacial score (nSPS) is 11.0. The fourth-order valence-corrected chi connectivity index (χ4v) is 4.14. The monoisotopic (exact) mass is 427 g/mol. The lowest BCUT2D eigenvalue weighted by Gasteiger charge is -2.12. The molecule has 0 bridgehead atoms. The lowest BCUT2D eigenvalue weighted by atomic mass is 10.1. The van der Waals surface area contributed by atoms with Crippen molar-refractivity contribution in [2.75, 3.05) is 14.2 Å². The molecule has 0 saturated carbocycles. The average molecular weight is 428 g/mol. The Morgan fingerprint density at radius 3 is 2.72 bits per heavy atom. The van der Waals surface area contributed by atoms with Crippen molar-refractivity contribution >= 4 is 34.3 Å². The second kappa shape index (κ2) is 8.26. The molecule has 0 aliphatic carbocycles. The maximum Gasteiger partial charge on any atom is 0.214 e. The molecule has 2 aromatic heterocycles. The number of fused-ring (bicyclic) bond motifs is 1. The van der Waals surface area contributed by atoms with Gasteiger partial charge in [-0.25, -0.2) is 0 Å². The second-order valence-corrected chi connectivity index (χ2v) is 7.53. The molecule has 4 aromatic rings. The summed E-state index contributed by atoms with van der Waals surface area (Å²) in [5, 5.41) is 14.4. The third kappa shape index (κ3) is 3.73. The molecule has 29 heavy (non-hydrogen) atoms. The Labute approximate surface area is 177 Å². The number of hydrogen-bond acceptors (Lipinski definition) is 7. The number of aryl methyl sites for hydroxylation is 1. The fourth-order valence-electron chi connectivity index (χ4n) is 3.03. The van der Waals surface area contributed by atoms with Crippen molar-refractivity contribution < 1.29 is 9.47 Å². The molecule has 2 heterocycles. The van der Waals surface area contributed by atoms with E-state index in [1.54, 1.807) is 18.9 Å². The van der Waals surface area contributed by atoms with Gasteiger partial charge >= 0.3 is 0 Å². The first-order valence-electron chi connectivity index (χ1n) is 8.79. The van der Waals surface area contributed by atoms with Crippen LogP contribution in [0.15, 0.2) is 47.6 Å². The molecule has 0 spiro atoms. The van der Waals surface area contributed by atoms with E-state index in [0.29, 0.717) is 33.1 Å². The van der Waals surface area contributed by atoms with Crippen LogP contribution in [0.3, 0.4) is 0 Å². The number of para-hydroxylation sites is 1. The molecular weight excluding hydrogens is 410 g/mol. The Balaban J connectivity index is 1.66. The maximum atomic E-state index is 6.59. The lowest BCUT2D eigenvalue weighted by Crippen LogP contribution is -2.03. The summed E-state index contributed by atoms with van der Waals surface area (Å²) in [4.78, 5) is 4.72. The molecular formula is C20H18ClN5O2S. The van der Waals surface area contributed by atoms with Gasteiger partial charge in [-0.2, -0.15) is 4.68 Å². The summed E-state index contributed by atoms with van der Waals surface area (Å²) < 4.78 is 12.4. The highest BCUT2D eigenvalue weighted by atomic mass is 35.5. The molecule has 7 nitrogen and oxygen atoms in total. The zero-order valence-electron chi connectivity index (χ0n) is 16.1. The number of aromatic nitrogens is 5. The molecule has 0 aliphatic heterocycles. The number of nitrogens with zero attached hydrogens (tertiary/aromatic N) is 5. The molecule has 0 saturated heterocycles. The standard InChI is InChI=1S/C20H18ClN5O2S/c1-12-14-6-4-5-7-15(14)22-16(19(12)21)11-29-20-23-24-25-26(20)17-10-13(27-2)8-9-18(17)28-3/h4-10H,11H2,1-3H3. The van der Waals surface area contributed by atoms with Gasteiger partial charge in [-0.15, -0.1) is 5.10 Å². The Morgan fingerprint density at radius 1 is 1.10 bits per heavy atom. The van der Waals surface area contributed by atoms with Gasteiger partial charge in [-0.3, -0.25) is 4.98 Å². The van der Waals surface area contributed by atoms with Gasteiger partial charge in [-0.05, 0) is 41.1 Å². The smallest absolute Gasteiger partial charge is 0.214 e. The number of rotatable bonds is 6. The van der Waals surface area contributed by atoms with E-state index in [4.69, 9.17) is 26.1 Å². The number of halogens is 1. The summed E-state index contributed by atoms with van der Waals surface area (Å²) in [5.41, 5.74) is 3.41. The number of hydrogen-bond donors (Lipinski definition) is 0. The van der Waals surface area contributed by atoms with Gasteiger partial charge in [0.05, 0.1) is 30.5 Å². The van der Waals surface area contributed by atoms with Crippen molar-refractivity contribution in [3.63, 3.8) is 0 Å². The van der Waals surface area contributed by atoms with Crippen LogP contribution in [0.1, 0.15) is 11.3 Å². The van der Waals surface area contributed by atoms with Crippen LogP contribution in [-0.2, 0) is 5.75 Å². The minimum atomic E-state index is 0.525. The van der Waals surface area contributed by atoms with Crippen LogP contribution in [0.4, 0.5) is 0 Å². The molecule has 0 aliphatic rings. The first-order chi connectivity index (χ1) is 14.1. The molecule has 9 heteroatoms. The van der Waals surface area contributed by atoms with Crippen LogP contribution in [-0.4, -0.2) is 39.4 Å². The lowest BCUT2D eigenvalue weighted by molar-refractivity contribution is 0.399. The van der Waals surface area contributed by atoms with Gasteiger partial charge in [0.25, 0.3) is 0 Å². The van der Waals surface area contributed by atoms with Gasteiger partial charge in [0, 0.05) is 17.2 Å². The van der Waals surface area contributed by atoms with Crippen LogP contribution in [0.25, 0.3) is 16.6 Å². The molecule has 148 valence electrons. The van der Waals surface area contributed by atoms with Gasteiger partial charge in [0.1, 0.15) is 17.2 Å². The third-order valence-corrected chi connectivity index (χ3v) is 5.97. The summed E-state index contributed by atoms with van der Waals surface area (Å²) in [7, 11) is 3.21. The molecule has 0 radical (unpaired) electrons. The predicted molar refractivity (Wildman–Crippen MR) is 113 cm³/mol. The van der Waals surface area contributed by atoms with Crippen molar-refractivity contribution in [2.45, 2.75) is 17.8 Å². The van der Waals surface area contributed by atoms with Crippen LogP contribution in [0.2, 0.25) is 5.02 Å². The molecule has 2 aromatic carbocycles. The minimum absolute atomic E-state index is 0.525. The molecule has 4 rings (SSSR count). The Bertz CT molecular complexity index is 1180. The first kappa shape index (κ1) is 19.5. The van der Waals surface area contributed by atoms with Crippen molar-refractivity contribution in [1.29, 1.82) is 0 Å². The zero-order chi connectivity index (χ0) is 20.4. The first-order valence-corrected chi connectivity index (χ1v) is 10.2. The quantitative estimate of drug-likeness (QED) is 0.420. The molecule has 0 N–H and O–H groups in total. The van der Waals surface area contributed by atoms with Crippen molar-refractivity contribution in [3.8, 4) is 17.2 Å². The number of pyridine rings is 1. The van der Waals surface area contributed by atoms with E-state index in [2.05, 4.69) is 15.5 Å².